The molecule has 0 aromatic heterocycles. The number of ether oxygens (including phenoxy) is 3. The van der Waals surface area contributed by atoms with Crippen LogP contribution in [0.25, 0.3) is 0 Å². The maximum absolute atomic E-state index is 13.9. The molecule has 0 saturated carbocycles. The van der Waals surface area contributed by atoms with Crippen molar-refractivity contribution in [3.05, 3.63) is 35.6 Å². The molecule has 0 radical (unpaired) electrons. The lowest BCUT2D eigenvalue weighted by Gasteiger charge is -2.25. The molecule has 0 saturated heterocycles. The fraction of sp³-hybridized carbons (Fsp3) is 0.562. The van der Waals surface area contributed by atoms with E-state index >= 15 is 0 Å². The Morgan fingerprint density at radius 3 is 2.48 bits per heavy atom. The first-order chi connectivity index (χ1) is 9.95. The summed E-state index contributed by atoms with van der Waals surface area (Å²) in [5.74, 6) is -0.512. The molecule has 0 aliphatic rings. The molecule has 1 aromatic carbocycles. The van der Waals surface area contributed by atoms with Crippen LogP contribution in [0.5, 0.6) is 0 Å². The number of carbonyl (C=O) groups is 1. The fourth-order valence-corrected chi connectivity index (χ4v) is 1.98. The van der Waals surface area contributed by atoms with Crippen LogP contribution in [0, 0.1) is 11.7 Å². The minimum Gasteiger partial charge on any atom is -0.459 e. The summed E-state index contributed by atoms with van der Waals surface area (Å²) in [4.78, 5) is 11.8. The van der Waals surface area contributed by atoms with Gasteiger partial charge < -0.3 is 14.2 Å². The van der Waals surface area contributed by atoms with Crippen molar-refractivity contribution < 1.29 is 23.4 Å². The third kappa shape index (κ3) is 5.81. The van der Waals surface area contributed by atoms with E-state index in [1.54, 1.807) is 25.1 Å². The zero-order valence-corrected chi connectivity index (χ0v) is 13.0. The van der Waals surface area contributed by atoms with Gasteiger partial charge in [-0.1, -0.05) is 32.0 Å². The van der Waals surface area contributed by atoms with Gasteiger partial charge in [0.25, 0.3) is 0 Å². The summed E-state index contributed by atoms with van der Waals surface area (Å²) in [7, 11) is 1.48. The highest BCUT2D eigenvalue weighted by atomic mass is 19.1. The van der Waals surface area contributed by atoms with Crippen LogP contribution in [0.2, 0.25) is 0 Å². The predicted molar refractivity (Wildman–Crippen MR) is 77.1 cm³/mol. The van der Waals surface area contributed by atoms with Gasteiger partial charge in [0.15, 0.2) is 0 Å². The Kier molecular flexibility index (Phi) is 7.32. The molecule has 0 heterocycles. The molecule has 0 aliphatic carbocycles. The Bertz CT molecular complexity index is 448. The number of esters is 1. The van der Waals surface area contributed by atoms with Gasteiger partial charge in [-0.3, -0.25) is 4.79 Å². The van der Waals surface area contributed by atoms with E-state index < -0.39 is 18.0 Å². The van der Waals surface area contributed by atoms with Gasteiger partial charge in [-0.25, -0.2) is 4.39 Å². The third-order valence-corrected chi connectivity index (χ3v) is 2.90. The molecule has 21 heavy (non-hydrogen) atoms. The molecule has 0 spiro atoms. The summed E-state index contributed by atoms with van der Waals surface area (Å²) in [6.07, 6.45) is -0.996. The number of rotatable bonds is 8. The summed E-state index contributed by atoms with van der Waals surface area (Å²) < 4.78 is 29.6. The molecule has 0 unspecified atom stereocenters. The second kappa shape index (κ2) is 8.74. The summed E-state index contributed by atoms with van der Waals surface area (Å²) >= 11 is 0. The lowest BCUT2D eigenvalue weighted by atomic mass is 10.0. The molecule has 0 amide bonds. The summed E-state index contributed by atoms with van der Waals surface area (Å²) in [6, 6.07) is 6.27. The molecule has 0 bridgehead atoms. The molecule has 5 heteroatoms. The first kappa shape index (κ1) is 17.6. The number of halogens is 1. The molecule has 4 nitrogen and oxygen atoms in total. The smallest absolute Gasteiger partial charge is 0.306 e. The topological polar surface area (TPSA) is 44.8 Å². The second-order valence-corrected chi connectivity index (χ2v) is 5.31. The largest absolute Gasteiger partial charge is 0.459 e. The number of benzene rings is 1. The van der Waals surface area contributed by atoms with Crippen LogP contribution >= 0.6 is 0 Å². The van der Waals surface area contributed by atoms with Gasteiger partial charge in [0.1, 0.15) is 24.8 Å². The highest BCUT2D eigenvalue weighted by molar-refractivity contribution is 5.69. The van der Waals surface area contributed by atoms with Crippen LogP contribution in [0.15, 0.2) is 24.3 Å². The van der Waals surface area contributed by atoms with E-state index in [0.717, 1.165) is 0 Å². The average Bonchev–Trinajstić information content (AvgIpc) is 2.40. The van der Waals surface area contributed by atoms with E-state index in [1.807, 2.05) is 13.8 Å². The monoisotopic (exact) mass is 298 g/mol. The van der Waals surface area contributed by atoms with Crippen LogP contribution in [0.4, 0.5) is 4.39 Å². The number of hydrogen-bond acceptors (Lipinski definition) is 4. The molecular formula is C16H23FO4. The Morgan fingerprint density at radius 1 is 1.24 bits per heavy atom. The molecule has 2 atom stereocenters. The summed E-state index contributed by atoms with van der Waals surface area (Å²) in [6.45, 7) is 5.54. The lowest BCUT2D eigenvalue weighted by Crippen LogP contribution is -2.26. The number of methoxy groups -OCH3 is 1. The first-order valence-electron chi connectivity index (χ1n) is 7.00. The van der Waals surface area contributed by atoms with Crippen LogP contribution in [-0.2, 0) is 19.0 Å². The van der Waals surface area contributed by atoms with E-state index in [9.17, 15) is 9.18 Å². The summed E-state index contributed by atoms with van der Waals surface area (Å²) in [5, 5.41) is 0. The standard InChI is InChI=1S/C16H23FO4/c1-11(2)9-15(18)21-12(3)16(20-10-19-4)13-7-5-6-8-14(13)17/h5-8,11-12,16H,9-10H2,1-4H3/t12-,16+/m0/s1. The maximum Gasteiger partial charge on any atom is 0.306 e. The molecule has 0 N–H and O–H groups in total. The SMILES string of the molecule is COCO[C@@H](c1ccccc1F)[C@H](C)OC(=O)CC(C)C. The zero-order valence-electron chi connectivity index (χ0n) is 13.0. The Morgan fingerprint density at radius 2 is 1.90 bits per heavy atom. The predicted octanol–water partition coefficient (Wildman–Crippen LogP) is 3.47. The van der Waals surface area contributed by atoms with Gasteiger partial charge in [-0.05, 0) is 18.9 Å². The van der Waals surface area contributed by atoms with Gasteiger partial charge in [-0.2, -0.15) is 0 Å². The third-order valence-electron chi connectivity index (χ3n) is 2.90. The molecule has 1 aromatic rings. The first-order valence-corrected chi connectivity index (χ1v) is 7.00. The van der Waals surface area contributed by atoms with Crippen molar-refractivity contribution in [2.45, 2.75) is 39.4 Å². The summed E-state index contributed by atoms with van der Waals surface area (Å²) in [5.41, 5.74) is 0.347. The van der Waals surface area contributed by atoms with E-state index in [2.05, 4.69) is 0 Å². The van der Waals surface area contributed by atoms with Crippen molar-refractivity contribution in [1.82, 2.24) is 0 Å². The molecule has 1 rings (SSSR count). The van der Waals surface area contributed by atoms with Gasteiger partial charge in [0, 0.05) is 19.1 Å². The van der Waals surface area contributed by atoms with Gasteiger partial charge in [0.2, 0.25) is 0 Å². The van der Waals surface area contributed by atoms with Crippen molar-refractivity contribution in [2.24, 2.45) is 5.92 Å². The van der Waals surface area contributed by atoms with Gasteiger partial charge in [-0.15, -0.1) is 0 Å². The Hall–Kier alpha value is -1.46. The van der Waals surface area contributed by atoms with Gasteiger partial charge in [0.05, 0.1) is 0 Å². The van der Waals surface area contributed by atoms with Crippen molar-refractivity contribution in [1.29, 1.82) is 0 Å². The van der Waals surface area contributed by atoms with Crippen molar-refractivity contribution in [3.8, 4) is 0 Å². The zero-order chi connectivity index (χ0) is 15.8. The second-order valence-electron chi connectivity index (χ2n) is 5.31. The van der Waals surface area contributed by atoms with Crippen molar-refractivity contribution in [3.63, 3.8) is 0 Å². The quantitative estimate of drug-likeness (QED) is 0.544. The maximum atomic E-state index is 13.9. The highest BCUT2D eigenvalue weighted by Crippen LogP contribution is 2.26. The normalized spacial score (nSPS) is 14.0. The average molecular weight is 298 g/mol. The Balaban J connectivity index is 2.82. The fourth-order valence-electron chi connectivity index (χ4n) is 1.98. The van der Waals surface area contributed by atoms with Crippen molar-refractivity contribution >= 4 is 5.97 Å². The van der Waals surface area contributed by atoms with Crippen LogP contribution in [0.1, 0.15) is 38.9 Å². The van der Waals surface area contributed by atoms with E-state index in [0.29, 0.717) is 12.0 Å². The van der Waals surface area contributed by atoms with Gasteiger partial charge >= 0.3 is 5.97 Å². The van der Waals surface area contributed by atoms with E-state index in [4.69, 9.17) is 14.2 Å². The van der Waals surface area contributed by atoms with Crippen LogP contribution < -0.4 is 0 Å². The minimum atomic E-state index is -0.706. The van der Waals surface area contributed by atoms with E-state index in [-0.39, 0.29) is 18.7 Å². The Labute approximate surface area is 125 Å². The van der Waals surface area contributed by atoms with Crippen molar-refractivity contribution in [2.75, 3.05) is 13.9 Å². The number of hydrogen-bond donors (Lipinski definition) is 0. The van der Waals surface area contributed by atoms with E-state index in [1.165, 1.54) is 13.2 Å². The minimum absolute atomic E-state index is 0.00886. The molecule has 118 valence electrons. The molecule has 0 aliphatic heterocycles. The lowest BCUT2D eigenvalue weighted by molar-refractivity contribution is -0.165. The molecular weight excluding hydrogens is 275 g/mol. The molecule has 0 fully saturated rings. The number of carbonyl (C=O) groups excluding carboxylic acids is 1. The van der Waals surface area contributed by atoms with Crippen LogP contribution in [0.3, 0.4) is 0 Å². The van der Waals surface area contributed by atoms with Crippen LogP contribution in [-0.4, -0.2) is 26.0 Å². The highest BCUT2D eigenvalue weighted by Gasteiger charge is 2.26.